The van der Waals surface area contributed by atoms with Crippen molar-refractivity contribution in [1.82, 2.24) is 4.37 Å². The molecule has 1 aromatic carbocycles. The first-order chi connectivity index (χ1) is 6.81. The summed E-state index contributed by atoms with van der Waals surface area (Å²) in [5.74, 6) is 0. The van der Waals surface area contributed by atoms with Crippen molar-refractivity contribution < 1.29 is 0 Å². The van der Waals surface area contributed by atoms with Crippen LogP contribution in [0.15, 0.2) is 34.1 Å². The lowest BCUT2D eigenvalue weighted by molar-refractivity contribution is 1.08. The molecule has 72 valence electrons. The number of hydrogen-bond donors (Lipinski definition) is 1. The minimum atomic E-state index is 0.540. The first kappa shape index (κ1) is 9.83. The molecule has 0 unspecified atom stereocenters. The van der Waals surface area contributed by atoms with Crippen molar-refractivity contribution in [3.63, 3.8) is 0 Å². The van der Waals surface area contributed by atoms with Gasteiger partial charge in [-0.15, -0.1) is 0 Å². The number of aromatic nitrogens is 1. The van der Waals surface area contributed by atoms with Crippen molar-refractivity contribution in [2.75, 3.05) is 0 Å². The summed E-state index contributed by atoms with van der Waals surface area (Å²) < 4.78 is 5.40. The van der Waals surface area contributed by atoms with E-state index in [-0.39, 0.29) is 0 Å². The van der Waals surface area contributed by atoms with Gasteiger partial charge in [0.15, 0.2) is 0 Å². The first-order valence-electron chi connectivity index (χ1n) is 4.20. The largest absolute Gasteiger partial charge is 0.326 e. The van der Waals surface area contributed by atoms with Gasteiger partial charge >= 0.3 is 0 Å². The van der Waals surface area contributed by atoms with Crippen LogP contribution in [0.5, 0.6) is 0 Å². The molecule has 0 aliphatic rings. The second-order valence-corrected chi connectivity index (χ2v) is 4.45. The van der Waals surface area contributed by atoms with Gasteiger partial charge in [-0.1, -0.05) is 28.1 Å². The van der Waals surface area contributed by atoms with Crippen LogP contribution in [0.3, 0.4) is 0 Å². The molecule has 0 aliphatic carbocycles. The minimum Gasteiger partial charge on any atom is -0.326 e. The van der Waals surface area contributed by atoms with E-state index in [4.69, 9.17) is 5.73 Å². The van der Waals surface area contributed by atoms with Gasteiger partial charge < -0.3 is 5.73 Å². The Balaban J connectivity index is 2.49. The van der Waals surface area contributed by atoms with Crippen molar-refractivity contribution in [2.24, 2.45) is 5.73 Å². The number of rotatable bonds is 2. The molecule has 1 heterocycles. The smallest absolute Gasteiger partial charge is 0.0885 e. The lowest BCUT2D eigenvalue weighted by Gasteiger charge is -2.00. The monoisotopic (exact) mass is 268 g/mol. The lowest BCUT2D eigenvalue weighted by Crippen LogP contribution is -1.96. The molecule has 14 heavy (non-hydrogen) atoms. The van der Waals surface area contributed by atoms with Gasteiger partial charge in [-0.05, 0) is 23.7 Å². The quantitative estimate of drug-likeness (QED) is 0.910. The summed E-state index contributed by atoms with van der Waals surface area (Å²) in [7, 11) is 0. The van der Waals surface area contributed by atoms with E-state index in [0.717, 1.165) is 21.3 Å². The highest BCUT2D eigenvalue weighted by Crippen LogP contribution is 2.25. The molecular weight excluding hydrogens is 260 g/mol. The summed E-state index contributed by atoms with van der Waals surface area (Å²) in [5, 5.41) is 2.00. The summed E-state index contributed by atoms with van der Waals surface area (Å²) in [6.07, 6.45) is 0. The van der Waals surface area contributed by atoms with Crippen LogP contribution < -0.4 is 5.73 Å². The molecule has 0 atom stereocenters. The Morgan fingerprint density at radius 1 is 1.43 bits per heavy atom. The maximum absolute atomic E-state index is 5.63. The Hall–Kier alpha value is -0.710. The van der Waals surface area contributed by atoms with Crippen LogP contribution in [-0.2, 0) is 6.54 Å². The summed E-state index contributed by atoms with van der Waals surface area (Å²) in [4.78, 5) is 0. The molecule has 2 nitrogen and oxygen atoms in total. The first-order valence-corrected chi connectivity index (χ1v) is 5.83. The fourth-order valence-corrected chi connectivity index (χ4v) is 2.39. The zero-order chi connectivity index (χ0) is 9.97. The third-order valence-corrected chi connectivity index (χ3v) is 3.13. The van der Waals surface area contributed by atoms with E-state index in [1.807, 2.05) is 29.6 Å². The molecule has 0 bridgehead atoms. The predicted octanol–water partition coefficient (Wildman–Crippen LogP) is 3.03. The summed E-state index contributed by atoms with van der Waals surface area (Å²) in [6.45, 7) is 0.540. The van der Waals surface area contributed by atoms with Crippen LogP contribution in [-0.4, -0.2) is 4.37 Å². The van der Waals surface area contributed by atoms with Gasteiger partial charge in [0.2, 0.25) is 0 Å². The zero-order valence-corrected chi connectivity index (χ0v) is 9.81. The van der Waals surface area contributed by atoms with Gasteiger partial charge in [-0.3, -0.25) is 0 Å². The molecule has 1 aromatic heterocycles. The Kier molecular flexibility index (Phi) is 2.96. The number of benzene rings is 1. The second-order valence-electron chi connectivity index (χ2n) is 2.90. The van der Waals surface area contributed by atoms with Crippen molar-refractivity contribution in [3.8, 4) is 11.3 Å². The number of halogens is 1. The van der Waals surface area contributed by atoms with Crippen LogP contribution in [0.1, 0.15) is 5.56 Å². The van der Waals surface area contributed by atoms with Gasteiger partial charge in [0.25, 0.3) is 0 Å². The summed E-state index contributed by atoms with van der Waals surface area (Å²) in [6, 6.07) is 8.09. The van der Waals surface area contributed by atoms with Gasteiger partial charge in [-0.25, -0.2) is 0 Å². The maximum Gasteiger partial charge on any atom is 0.0885 e. The molecule has 0 amide bonds. The molecule has 2 aromatic rings. The molecule has 0 aliphatic heterocycles. The lowest BCUT2D eigenvalue weighted by atomic mass is 10.1. The standard InChI is InChI=1S/C10H9BrN2S/c11-9-3-1-2-7(4-9)10-8(5-12)6-14-13-10/h1-4,6H,5,12H2. The topological polar surface area (TPSA) is 38.9 Å². The van der Waals surface area contributed by atoms with Crippen molar-refractivity contribution >= 4 is 27.5 Å². The Morgan fingerprint density at radius 2 is 2.29 bits per heavy atom. The molecule has 2 N–H and O–H groups in total. The van der Waals surface area contributed by atoms with E-state index in [2.05, 4.69) is 20.3 Å². The maximum atomic E-state index is 5.63. The van der Waals surface area contributed by atoms with Crippen molar-refractivity contribution in [3.05, 3.63) is 39.7 Å². The fourth-order valence-electron chi connectivity index (χ4n) is 1.28. The van der Waals surface area contributed by atoms with E-state index in [1.165, 1.54) is 11.5 Å². The van der Waals surface area contributed by atoms with Crippen molar-refractivity contribution in [1.29, 1.82) is 0 Å². The van der Waals surface area contributed by atoms with Crippen LogP contribution >= 0.6 is 27.5 Å². The van der Waals surface area contributed by atoms with Crippen LogP contribution in [0, 0.1) is 0 Å². The normalized spacial score (nSPS) is 10.4. The molecular formula is C10H9BrN2S. The van der Waals surface area contributed by atoms with Gasteiger partial charge in [0.05, 0.1) is 5.69 Å². The molecule has 0 saturated carbocycles. The van der Waals surface area contributed by atoms with E-state index < -0.39 is 0 Å². The Morgan fingerprint density at radius 3 is 3.00 bits per heavy atom. The molecule has 4 heteroatoms. The van der Waals surface area contributed by atoms with Gasteiger partial charge in [-0.2, -0.15) is 4.37 Å². The predicted molar refractivity (Wildman–Crippen MR) is 63.1 cm³/mol. The molecule has 0 fully saturated rings. The second kappa shape index (κ2) is 4.21. The fraction of sp³-hybridized carbons (Fsp3) is 0.100. The molecule has 0 saturated heterocycles. The summed E-state index contributed by atoms with van der Waals surface area (Å²) >= 11 is 4.88. The zero-order valence-electron chi connectivity index (χ0n) is 7.40. The van der Waals surface area contributed by atoms with Gasteiger partial charge in [0.1, 0.15) is 0 Å². The molecule has 0 spiro atoms. The SMILES string of the molecule is NCc1csnc1-c1cccc(Br)c1. The average molecular weight is 269 g/mol. The third kappa shape index (κ3) is 1.87. The number of hydrogen-bond acceptors (Lipinski definition) is 3. The van der Waals surface area contributed by atoms with E-state index >= 15 is 0 Å². The molecule has 2 rings (SSSR count). The van der Waals surface area contributed by atoms with Crippen LogP contribution in [0.2, 0.25) is 0 Å². The summed E-state index contributed by atoms with van der Waals surface area (Å²) in [5.41, 5.74) is 8.84. The van der Waals surface area contributed by atoms with E-state index in [9.17, 15) is 0 Å². The highest BCUT2D eigenvalue weighted by molar-refractivity contribution is 9.10. The average Bonchev–Trinajstić information content (AvgIpc) is 2.65. The van der Waals surface area contributed by atoms with Crippen molar-refractivity contribution in [2.45, 2.75) is 6.54 Å². The third-order valence-electron chi connectivity index (χ3n) is 1.96. The number of nitrogens with two attached hydrogens (primary N) is 1. The van der Waals surface area contributed by atoms with E-state index in [0.29, 0.717) is 6.54 Å². The highest BCUT2D eigenvalue weighted by Gasteiger charge is 2.06. The highest BCUT2D eigenvalue weighted by atomic mass is 79.9. The minimum absolute atomic E-state index is 0.540. The number of nitrogens with zero attached hydrogens (tertiary/aromatic N) is 1. The van der Waals surface area contributed by atoms with E-state index in [1.54, 1.807) is 0 Å². The molecule has 0 radical (unpaired) electrons. The van der Waals surface area contributed by atoms with Crippen LogP contribution in [0.25, 0.3) is 11.3 Å². The Labute approximate surface area is 95.1 Å². The Bertz CT molecular complexity index is 439. The van der Waals surface area contributed by atoms with Crippen LogP contribution in [0.4, 0.5) is 0 Å². The van der Waals surface area contributed by atoms with Gasteiger partial charge in [0, 0.05) is 27.5 Å².